The van der Waals surface area contributed by atoms with Gasteiger partial charge in [-0.3, -0.25) is 9.59 Å². The normalized spacial score (nSPS) is 11.6. The van der Waals surface area contributed by atoms with Crippen molar-refractivity contribution >= 4 is 27.7 Å². The summed E-state index contributed by atoms with van der Waals surface area (Å²) < 4.78 is 19.7. The van der Waals surface area contributed by atoms with E-state index in [-0.39, 0.29) is 30.8 Å². The van der Waals surface area contributed by atoms with Gasteiger partial charge in [0.05, 0.1) is 0 Å². The first kappa shape index (κ1) is 22.9. The zero-order chi connectivity index (χ0) is 21.2. The minimum Gasteiger partial charge on any atom is -0.484 e. The molecule has 1 atom stereocenters. The van der Waals surface area contributed by atoms with Crippen LogP contribution in [0.1, 0.15) is 32.3 Å². The van der Waals surface area contributed by atoms with Gasteiger partial charge in [-0.25, -0.2) is 4.39 Å². The fourth-order valence-electron chi connectivity index (χ4n) is 2.66. The molecule has 0 aliphatic carbocycles. The van der Waals surface area contributed by atoms with Crippen molar-refractivity contribution in [1.82, 2.24) is 10.2 Å². The van der Waals surface area contributed by atoms with Gasteiger partial charge >= 0.3 is 0 Å². The quantitative estimate of drug-likeness (QED) is 0.533. The molecule has 0 aliphatic heterocycles. The van der Waals surface area contributed by atoms with Gasteiger partial charge in [0.25, 0.3) is 5.91 Å². The highest BCUT2D eigenvalue weighted by molar-refractivity contribution is 9.10. The molecule has 0 aliphatic rings. The number of carbonyl (C=O) groups is 2. The molecule has 0 saturated heterocycles. The lowest BCUT2D eigenvalue weighted by Crippen LogP contribution is -2.49. The average Bonchev–Trinajstić information content (AvgIpc) is 2.72. The Hall–Kier alpha value is -2.41. The molecule has 156 valence electrons. The van der Waals surface area contributed by atoms with Crippen molar-refractivity contribution in [2.24, 2.45) is 0 Å². The van der Waals surface area contributed by atoms with E-state index in [1.807, 2.05) is 19.1 Å². The van der Waals surface area contributed by atoms with Gasteiger partial charge in [-0.05, 0) is 55.3 Å². The molecule has 0 aromatic heterocycles. The van der Waals surface area contributed by atoms with Crippen LogP contribution < -0.4 is 10.1 Å². The minimum absolute atomic E-state index is 0.186. The molecule has 2 rings (SSSR count). The minimum atomic E-state index is -0.682. The summed E-state index contributed by atoms with van der Waals surface area (Å²) in [7, 11) is 0. The summed E-state index contributed by atoms with van der Waals surface area (Å²) in [5.74, 6) is -0.341. The van der Waals surface area contributed by atoms with Crippen LogP contribution in [0.25, 0.3) is 0 Å². The number of hydrogen-bond acceptors (Lipinski definition) is 3. The Morgan fingerprint density at radius 3 is 2.41 bits per heavy atom. The molecule has 2 aromatic carbocycles. The number of unbranched alkanes of at least 4 members (excludes halogenated alkanes) is 1. The number of hydrogen-bond donors (Lipinski definition) is 1. The lowest BCUT2D eigenvalue weighted by atomic mass is 10.1. The lowest BCUT2D eigenvalue weighted by Gasteiger charge is -2.28. The van der Waals surface area contributed by atoms with E-state index in [9.17, 15) is 14.0 Å². The molecule has 0 saturated carbocycles. The molecule has 2 amide bonds. The predicted molar refractivity (Wildman–Crippen MR) is 114 cm³/mol. The standard InChI is InChI=1S/C22H26BrFN2O3/c1-3-4-13-25-22(28)16(2)26(14-17-5-9-19(24)10-6-17)21(27)15-29-20-11-7-18(23)8-12-20/h5-12,16H,3-4,13-15H2,1-2H3,(H,25,28)/t16-/m1/s1. The average molecular weight is 465 g/mol. The van der Waals surface area contributed by atoms with E-state index in [2.05, 4.69) is 21.2 Å². The topological polar surface area (TPSA) is 58.6 Å². The smallest absolute Gasteiger partial charge is 0.261 e. The molecule has 5 nitrogen and oxygen atoms in total. The van der Waals surface area contributed by atoms with E-state index in [4.69, 9.17) is 4.74 Å². The van der Waals surface area contributed by atoms with E-state index in [1.54, 1.807) is 31.2 Å². The molecule has 0 bridgehead atoms. The maximum atomic E-state index is 13.2. The predicted octanol–water partition coefficient (Wildman–Crippen LogP) is 4.30. The molecule has 7 heteroatoms. The van der Waals surface area contributed by atoms with Crippen LogP contribution in [0.3, 0.4) is 0 Å². The monoisotopic (exact) mass is 464 g/mol. The van der Waals surface area contributed by atoms with Crippen molar-refractivity contribution in [1.29, 1.82) is 0 Å². The maximum absolute atomic E-state index is 13.2. The molecule has 2 aromatic rings. The van der Waals surface area contributed by atoms with Gasteiger partial charge in [-0.1, -0.05) is 41.4 Å². The second-order valence-corrected chi connectivity index (χ2v) is 7.63. The van der Waals surface area contributed by atoms with E-state index in [0.717, 1.165) is 22.9 Å². The molecule has 0 radical (unpaired) electrons. The van der Waals surface area contributed by atoms with Crippen LogP contribution >= 0.6 is 15.9 Å². The SMILES string of the molecule is CCCCNC(=O)[C@@H](C)N(Cc1ccc(F)cc1)C(=O)COc1ccc(Br)cc1. The van der Waals surface area contributed by atoms with Crippen molar-refractivity contribution < 1.29 is 18.7 Å². The first-order valence-electron chi connectivity index (χ1n) is 9.60. The number of halogens is 2. The number of amides is 2. The summed E-state index contributed by atoms with van der Waals surface area (Å²) in [4.78, 5) is 26.8. The summed E-state index contributed by atoms with van der Waals surface area (Å²) in [5.41, 5.74) is 0.733. The number of ether oxygens (including phenoxy) is 1. The van der Waals surface area contributed by atoms with Gasteiger partial charge < -0.3 is 15.0 Å². The first-order chi connectivity index (χ1) is 13.9. The van der Waals surface area contributed by atoms with Gasteiger partial charge in [-0.2, -0.15) is 0 Å². The Balaban J connectivity index is 2.08. The highest BCUT2D eigenvalue weighted by Gasteiger charge is 2.26. The van der Waals surface area contributed by atoms with Crippen molar-refractivity contribution in [2.75, 3.05) is 13.2 Å². The molecule has 0 spiro atoms. The third-order valence-corrected chi connectivity index (χ3v) is 4.97. The van der Waals surface area contributed by atoms with Gasteiger partial charge in [0.2, 0.25) is 5.91 Å². The van der Waals surface area contributed by atoms with Gasteiger partial charge in [0.1, 0.15) is 17.6 Å². The third kappa shape index (κ3) is 7.49. The fraction of sp³-hybridized carbons (Fsp3) is 0.364. The summed E-state index contributed by atoms with van der Waals surface area (Å²) in [5, 5.41) is 2.85. The highest BCUT2D eigenvalue weighted by atomic mass is 79.9. The van der Waals surface area contributed by atoms with Crippen LogP contribution in [0.15, 0.2) is 53.0 Å². The molecule has 1 N–H and O–H groups in total. The van der Waals surface area contributed by atoms with Crippen LogP contribution in [0.2, 0.25) is 0 Å². The van der Waals surface area contributed by atoms with Crippen LogP contribution in [0, 0.1) is 5.82 Å². The Morgan fingerprint density at radius 1 is 1.14 bits per heavy atom. The fourth-order valence-corrected chi connectivity index (χ4v) is 2.93. The Kier molecular flexibility index (Phi) is 9.12. The van der Waals surface area contributed by atoms with Crippen molar-refractivity contribution in [3.63, 3.8) is 0 Å². The van der Waals surface area contributed by atoms with E-state index in [1.165, 1.54) is 17.0 Å². The van der Waals surface area contributed by atoms with Crippen molar-refractivity contribution in [2.45, 2.75) is 39.3 Å². The Labute approximate surface area is 179 Å². The van der Waals surface area contributed by atoms with Crippen LogP contribution in [0.4, 0.5) is 4.39 Å². The zero-order valence-corrected chi connectivity index (χ0v) is 18.2. The summed E-state index contributed by atoms with van der Waals surface area (Å²) in [6.45, 7) is 4.27. The van der Waals surface area contributed by atoms with Crippen molar-refractivity contribution in [3.8, 4) is 5.75 Å². The summed E-state index contributed by atoms with van der Waals surface area (Å²) in [6.07, 6.45) is 1.84. The zero-order valence-electron chi connectivity index (χ0n) is 16.7. The first-order valence-corrected chi connectivity index (χ1v) is 10.4. The van der Waals surface area contributed by atoms with Crippen LogP contribution in [-0.2, 0) is 16.1 Å². The van der Waals surface area contributed by atoms with E-state index < -0.39 is 6.04 Å². The van der Waals surface area contributed by atoms with Gasteiger partial charge in [-0.15, -0.1) is 0 Å². The number of nitrogens with zero attached hydrogens (tertiary/aromatic N) is 1. The third-order valence-electron chi connectivity index (χ3n) is 4.44. The van der Waals surface area contributed by atoms with Gasteiger partial charge in [0.15, 0.2) is 6.61 Å². The number of rotatable bonds is 10. The Morgan fingerprint density at radius 2 is 1.79 bits per heavy atom. The molecule has 0 unspecified atom stereocenters. The highest BCUT2D eigenvalue weighted by Crippen LogP contribution is 2.17. The van der Waals surface area contributed by atoms with E-state index >= 15 is 0 Å². The number of nitrogens with one attached hydrogen (secondary N) is 1. The molecular formula is C22H26BrFN2O3. The van der Waals surface area contributed by atoms with Crippen LogP contribution in [0.5, 0.6) is 5.75 Å². The molecule has 0 heterocycles. The largest absolute Gasteiger partial charge is 0.484 e. The van der Waals surface area contributed by atoms with E-state index in [0.29, 0.717) is 12.3 Å². The summed E-state index contributed by atoms with van der Waals surface area (Å²) in [6, 6.07) is 12.3. The lowest BCUT2D eigenvalue weighted by molar-refractivity contribution is -0.142. The van der Waals surface area contributed by atoms with Crippen molar-refractivity contribution in [3.05, 3.63) is 64.4 Å². The maximum Gasteiger partial charge on any atom is 0.261 e. The molecular weight excluding hydrogens is 439 g/mol. The van der Waals surface area contributed by atoms with Gasteiger partial charge in [0, 0.05) is 17.6 Å². The number of carbonyl (C=O) groups excluding carboxylic acids is 2. The summed E-state index contributed by atoms with van der Waals surface area (Å²) >= 11 is 3.35. The van der Waals surface area contributed by atoms with Crippen LogP contribution in [-0.4, -0.2) is 35.9 Å². The second kappa shape index (κ2) is 11.6. The number of benzene rings is 2. The Bertz CT molecular complexity index is 797. The second-order valence-electron chi connectivity index (χ2n) is 6.71. The molecule has 29 heavy (non-hydrogen) atoms. The molecule has 0 fully saturated rings.